The van der Waals surface area contributed by atoms with Crippen LogP contribution in [0, 0.1) is 0 Å². The fourth-order valence-corrected chi connectivity index (χ4v) is 5.26. The molecule has 3 aromatic rings. The molecule has 0 bridgehead atoms. The number of amides is 1. The van der Waals surface area contributed by atoms with E-state index in [9.17, 15) is 13.2 Å². The fraction of sp³-hybridized carbons (Fsp3) is 0.174. The molecule has 154 valence electrons. The van der Waals surface area contributed by atoms with Crippen LogP contribution in [0.25, 0.3) is 0 Å². The Kier molecular flexibility index (Phi) is 5.58. The molecule has 1 heterocycles. The SMILES string of the molecule is CSc1cccc(NS(=O)(=O)c2ccc3c(c2)CC(C)N3C(=O)c2ccccc2)c1. The molecule has 30 heavy (non-hydrogen) atoms. The zero-order valence-electron chi connectivity index (χ0n) is 16.7. The Labute approximate surface area is 181 Å². The summed E-state index contributed by atoms with van der Waals surface area (Å²) in [6.07, 6.45) is 2.55. The van der Waals surface area contributed by atoms with Gasteiger partial charge in [0.25, 0.3) is 15.9 Å². The van der Waals surface area contributed by atoms with Gasteiger partial charge in [0.05, 0.1) is 4.90 Å². The van der Waals surface area contributed by atoms with Crippen LogP contribution >= 0.6 is 11.8 Å². The summed E-state index contributed by atoms with van der Waals surface area (Å²) >= 11 is 1.55. The van der Waals surface area contributed by atoms with Crippen molar-refractivity contribution < 1.29 is 13.2 Å². The first-order valence-electron chi connectivity index (χ1n) is 9.57. The number of nitrogens with one attached hydrogen (secondary N) is 1. The van der Waals surface area contributed by atoms with Crippen molar-refractivity contribution in [3.05, 3.63) is 83.9 Å². The van der Waals surface area contributed by atoms with Crippen LogP contribution in [0.4, 0.5) is 11.4 Å². The molecule has 1 aliphatic heterocycles. The topological polar surface area (TPSA) is 66.5 Å². The van der Waals surface area contributed by atoms with E-state index in [1.165, 1.54) is 0 Å². The van der Waals surface area contributed by atoms with Crippen LogP contribution in [-0.4, -0.2) is 26.6 Å². The lowest BCUT2D eigenvalue weighted by Crippen LogP contribution is -2.35. The molecule has 0 aliphatic carbocycles. The molecule has 4 rings (SSSR count). The molecule has 0 fully saturated rings. The number of hydrogen-bond donors (Lipinski definition) is 1. The predicted octanol–water partition coefficient (Wildman–Crippen LogP) is 4.80. The monoisotopic (exact) mass is 438 g/mol. The number of nitrogens with zero attached hydrogens (tertiary/aromatic N) is 1. The molecule has 0 radical (unpaired) electrons. The highest BCUT2D eigenvalue weighted by molar-refractivity contribution is 7.98. The maximum atomic E-state index is 13.0. The van der Waals surface area contributed by atoms with E-state index in [1.54, 1.807) is 59.1 Å². The molecule has 1 N–H and O–H groups in total. The summed E-state index contributed by atoms with van der Waals surface area (Å²) in [7, 11) is -3.73. The zero-order valence-corrected chi connectivity index (χ0v) is 18.3. The minimum atomic E-state index is -3.73. The maximum Gasteiger partial charge on any atom is 0.261 e. The Morgan fingerprint density at radius 1 is 1.03 bits per heavy atom. The minimum absolute atomic E-state index is 0.0446. The third-order valence-corrected chi connectivity index (χ3v) is 7.24. The summed E-state index contributed by atoms with van der Waals surface area (Å²) in [6.45, 7) is 1.97. The van der Waals surface area contributed by atoms with Gasteiger partial charge in [-0.15, -0.1) is 11.8 Å². The number of anilines is 2. The highest BCUT2D eigenvalue weighted by Crippen LogP contribution is 2.35. The number of carbonyl (C=O) groups excluding carboxylic acids is 1. The molecule has 5 nitrogen and oxygen atoms in total. The van der Waals surface area contributed by atoms with Gasteiger partial charge in [-0.05, 0) is 73.7 Å². The van der Waals surface area contributed by atoms with Gasteiger partial charge in [0.2, 0.25) is 0 Å². The molecule has 0 aromatic heterocycles. The van der Waals surface area contributed by atoms with Gasteiger partial charge < -0.3 is 4.90 Å². The minimum Gasteiger partial charge on any atom is -0.305 e. The van der Waals surface area contributed by atoms with Gasteiger partial charge >= 0.3 is 0 Å². The summed E-state index contributed by atoms with van der Waals surface area (Å²) < 4.78 is 28.5. The third-order valence-electron chi connectivity index (χ3n) is 5.14. The van der Waals surface area contributed by atoms with E-state index >= 15 is 0 Å². The lowest BCUT2D eigenvalue weighted by Gasteiger charge is -2.23. The average molecular weight is 439 g/mol. The molecule has 1 aliphatic rings. The molecule has 0 spiro atoms. The normalized spacial score (nSPS) is 15.7. The second kappa shape index (κ2) is 8.16. The smallest absolute Gasteiger partial charge is 0.261 e. The number of hydrogen-bond acceptors (Lipinski definition) is 4. The number of rotatable bonds is 5. The van der Waals surface area contributed by atoms with Gasteiger partial charge in [-0.25, -0.2) is 8.42 Å². The first-order chi connectivity index (χ1) is 14.4. The Balaban J connectivity index is 1.63. The Morgan fingerprint density at radius 2 is 1.80 bits per heavy atom. The van der Waals surface area contributed by atoms with Crippen LogP contribution < -0.4 is 9.62 Å². The van der Waals surface area contributed by atoms with E-state index in [0.29, 0.717) is 17.7 Å². The average Bonchev–Trinajstić information content (AvgIpc) is 3.08. The van der Waals surface area contributed by atoms with Crippen LogP contribution in [0.5, 0.6) is 0 Å². The quantitative estimate of drug-likeness (QED) is 0.581. The van der Waals surface area contributed by atoms with Gasteiger partial charge in [0.1, 0.15) is 0 Å². The standard InChI is InChI=1S/C23H22N2O3S2/c1-16-13-18-14-21(30(27,28)24-19-9-6-10-20(15-19)29-2)11-12-22(18)25(16)23(26)17-7-4-3-5-8-17/h3-12,14-16,24H,13H2,1-2H3. The van der Waals surface area contributed by atoms with Crippen LogP contribution in [0.2, 0.25) is 0 Å². The third kappa shape index (κ3) is 3.95. The van der Waals surface area contributed by atoms with E-state index in [0.717, 1.165) is 16.1 Å². The van der Waals surface area contributed by atoms with Crippen molar-refractivity contribution in [3.63, 3.8) is 0 Å². The molecule has 1 atom stereocenters. The lowest BCUT2D eigenvalue weighted by molar-refractivity contribution is 0.0981. The van der Waals surface area contributed by atoms with E-state index in [4.69, 9.17) is 0 Å². The summed E-state index contributed by atoms with van der Waals surface area (Å²) in [6, 6.07) is 21.3. The lowest BCUT2D eigenvalue weighted by atomic mass is 10.1. The Morgan fingerprint density at radius 3 is 2.53 bits per heavy atom. The van der Waals surface area contributed by atoms with Gasteiger partial charge in [-0.1, -0.05) is 24.3 Å². The largest absolute Gasteiger partial charge is 0.305 e. The van der Waals surface area contributed by atoms with Crippen LogP contribution in [-0.2, 0) is 16.4 Å². The number of sulfonamides is 1. The van der Waals surface area contributed by atoms with Crippen molar-refractivity contribution in [2.45, 2.75) is 29.2 Å². The highest BCUT2D eigenvalue weighted by Gasteiger charge is 2.32. The summed E-state index contributed by atoms with van der Waals surface area (Å²) in [5.74, 6) is -0.0792. The second-order valence-corrected chi connectivity index (χ2v) is 9.78. The van der Waals surface area contributed by atoms with Crippen LogP contribution in [0.3, 0.4) is 0 Å². The number of carbonyl (C=O) groups is 1. The van der Waals surface area contributed by atoms with E-state index in [-0.39, 0.29) is 16.8 Å². The van der Waals surface area contributed by atoms with Crippen molar-refractivity contribution >= 4 is 39.1 Å². The molecule has 1 amide bonds. The zero-order chi connectivity index (χ0) is 21.3. The van der Waals surface area contributed by atoms with Gasteiger partial charge in [0.15, 0.2) is 0 Å². The molecule has 0 saturated heterocycles. The van der Waals surface area contributed by atoms with E-state index in [1.807, 2.05) is 43.5 Å². The predicted molar refractivity (Wildman–Crippen MR) is 122 cm³/mol. The Hall–Kier alpha value is -2.77. The Bertz CT molecular complexity index is 1190. The van der Waals surface area contributed by atoms with Crippen molar-refractivity contribution in [2.75, 3.05) is 15.9 Å². The molecule has 3 aromatic carbocycles. The summed E-state index contributed by atoms with van der Waals surface area (Å²) in [5.41, 5.74) is 2.76. The molecule has 1 unspecified atom stereocenters. The van der Waals surface area contributed by atoms with Crippen molar-refractivity contribution in [1.82, 2.24) is 0 Å². The number of fused-ring (bicyclic) bond motifs is 1. The van der Waals surface area contributed by atoms with Crippen molar-refractivity contribution in [2.24, 2.45) is 0 Å². The number of thioether (sulfide) groups is 1. The van der Waals surface area contributed by atoms with Crippen molar-refractivity contribution in [3.8, 4) is 0 Å². The maximum absolute atomic E-state index is 13.0. The second-order valence-electron chi connectivity index (χ2n) is 7.22. The van der Waals surface area contributed by atoms with Crippen LogP contribution in [0.15, 0.2) is 82.6 Å². The molecule has 7 heteroatoms. The van der Waals surface area contributed by atoms with E-state index < -0.39 is 10.0 Å². The van der Waals surface area contributed by atoms with Crippen molar-refractivity contribution in [1.29, 1.82) is 0 Å². The van der Waals surface area contributed by atoms with Gasteiger partial charge in [-0.3, -0.25) is 9.52 Å². The van der Waals surface area contributed by atoms with Gasteiger partial charge in [-0.2, -0.15) is 0 Å². The van der Waals surface area contributed by atoms with Gasteiger partial charge in [0, 0.05) is 27.9 Å². The first-order valence-corrected chi connectivity index (χ1v) is 12.3. The molecule has 0 saturated carbocycles. The van der Waals surface area contributed by atoms with Crippen LogP contribution in [0.1, 0.15) is 22.8 Å². The first kappa shape index (κ1) is 20.5. The molecular formula is C23H22N2O3S2. The summed E-state index contributed by atoms with van der Waals surface area (Å²) in [4.78, 5) is 15.9. The number of benzene rings is 3. The summed E-state index contributed by atoms with van der Waals surface area (Å²) in [5, 5.41) is 0. The molecular weight excluding hydrogens is 416 g/mol. The fourth-order valence-electron chi connectivity index (χ4n) is 3.70. The highest BCUT2D eigenvalue weighted by atomic mass is 32.2. The van der Waals surface area contributed by atoms with E-state index in [2.05, 4.69) is 4.72 Å².